The second-order valence-corrected chi connectivity index (χ2v) is 6.85. The molecule has 7 nitrogen and oxygen atoms in total. The van der Waals surface area contributed by atoms with Crippen LogP contribution in [-0.4, -0.2) is 53.6 Å². The fraction of sp³-hybridized carbons (Fsp3) is 0.909. The molecule has 1 fully saturated rings. The van der Waals surface area contributed by atoms with E-state index in [-0.39, 0.29) is 13.1 Å². The SMILES string of the molecule is CCC(C)(O)CNS(=O)(=O)N1CCCCC1C(=O)O. The molecule has 0 radical (unpaired) electrons. The molecule has 1 aliphatic rings. The summed E-state index contributed by atoms with van der Waals surface area (Å²) in [5, 5.41) is 18.9. The first-order valence-electron chi connectivity index (χ1n) is 6.41. The predicted octanol–water partition coefficient (Wildman–Crippen LogP) is -0.0791. The number of nitrogens with one attached hydrogen (secondary N) is 1. The van der Waals surface area contributed by atoms with E-state index in [4.69, 9.17) is 5.11 Å². The minimum atomic E-state index is -3.88. The molecule has 2 unspecified atom stereocenters. The van der Waals surface area contributed by atoms with Gasteiger partial charge in [0.25, 0.3) is 10.2 Å². The number of aliphatic carboxylic acids is 1. The minimum Gasteiger partial charge on any atom is -0.480 e. The van der Waals surface area contributed by atoms with Crippen molar-refractivity contribution in [2.24, 2.45) is 0 Å². The van der Waals surface area contributed by atoms with Gasteiger partial charge in [0.15, 0.2) is 0 Å². The summed E-state index contributed by atoms with van der Waals surface area (Å²) in [7, 11) is -3.88. The van der Waals surface area contributed by atoms with E-state index in [9.17, 15) is 18.3 Å². The standard InChI is InChI=1S/C11H22N2O5S/c1-3-11(2,16)8-12-19(17,18)13-7-5-4-6-9(13)10(14)15/h9,12,16H,3-8H2,1-2H3,(H,14,15). The molecule has 0 amide bonds. The quantitative estimate of drug-likeness (QED) is 0.635. The number of rotatable bonds is 6. The topological polar surface area (TPSA) is 107 Å². The molecule has 0 aromatic carbocycles. The molecule has 1 saturated heterocycles. The summed E-state index contributed by atoms with van der Waals surface area (Å²) in [6, 6.07) is -1.02. The Kier molecular flexibility index (Phi) is 5.31. The fourth-order valence-electron chi connectivity index (χ4n) is 1.89. The summed E-state index contributed by atoms with van der Waals surface area (Å²) in [5.74, 6) is -1.13. The number of carbonyl (C=O) groups is 1. The summed E-state index contributed by atoms with van der Waals surface area (Å²) < 4.78 is 27.5. The lowest BCUT2D eigenvalue weighted by Gasteiger charge is -2.33. The van der Waals surface area contributed by atoms with Gasteiger partial charge in [0, 0.05) is 13.1 Å². The van der Waals surface area contributed by atoms with Crippen molar-refractivity contribution in [3.63, 3.8) is 0 Å². The average molecular weight is 294 g/mol. The molecule has 0 aromatic heterocycles. The van der Waals surface area contributed by atoms with E-state index in [2.05, 4.69) is 4.72 Å². The van der Waals surface area contributed by atoms with Gasteiger partial charge >= 0.3 is 5.97 Å². The summed E-state index contributed by atoms with van der Waals surface area (Å²) in [5.41, 5.74) is -1.14. The van der Waals surface area contributed by atoms with E-state index >= 15 is 0 Å². The minimum absolute atomic E-state index is 0.130. The normalized spacial score (nSPS) is 24.9. The van der Waals surface area contributed by atoms with E-state index < -0.39 is 27.8 Å². The molecule has 1 aliphatic heterocycles. The van der Waals surface area contributed by atoms with Gasteiger partial charge in [-0.25, -0.2) is 0 Å². The Hall–Kier alpha value is -0.700. The third kappa shape index (κ3) is 4.41. The Morgan fingerprint density at radius 3 is 2.63 bits per heavy atom. The average Bonchev–Trinajstić information content (AvgIpc) is 2.37. The number of carboxylic acid groups (broad SMARTS) is 1. The van der Waals surface area contributed by atoms with Crippen LogP contribution < -0.4 is 4.72 Å². The van der Waals surface area contributed by atoms with Crippen LogP contribution in [0.15, 0.2) is 0 Å². The van der Waals surface area contributed by atoms with Gasteiger partial charge in [-0.05, 0) is 32.6 Å². The van der Waals surface area contributed by atoms with Gasteiger partial charge in [0.2, 0.25) is 0 Å². The van der Waals surface area contributed by atoms with Gasteiger partial charge in [-0.2, -0.15) is 17.4 Å². The number of aliphatic hydroxyl groups is 1. The molecule has 0 bridgehead atoms. The largest absolute Gasteiger partial charge is 0.480 e. The van der Waals surface area contributed by atoms with Crippen LogP contribution in [0.25, 0.3) is 0 Å². The van der Waals surface area contributed by atoms with Crippen LogP contribution in [0.4, 0.5) is 0 Å². The number of carboxylic acids is 1. The molecule has 1 rings (SSSR count). The predicted molar refractivity (Wildman–Crippen MR) is 69.8 cm³/mol. The van der Waals surface area contributed by atoms with Crippen LogP contribution >= 0.6 is 0 Å². The van der Waals surface area contributed by atoms with Crippen molar-refractivity contribution in [3.05, 3.63) is 0 Å². The van der Waals surface area contributed by atoms with Crippen LogP contribution in [0.5, 0.6) is 0 Å². The lowest BCUT2D eigenvalue weighted by Crippen LogP contribution is -2.54. The van der Waals surface area contributed by atoms with Crippen LogP contribution in [-0.2, 0) is 15.0 Å². The van der Waals surface area contributed by atoms with Gasteiger partial charge in [-0.3, -0.25) is 4.79 Å². The molecule has 8 heteroatoms. The van der Waals surface area contributed by atoms with Crippen molar-refractivity contribution < 1.29 is 23.4 Å². The smallest absolute Gasteiger partial charge is 0.322 e. The van der Waals surface area contributed by atoms with Crippen molar-refractivity contribution in [2.75, 3.05) is 13.1 Å². The summed E-state index contributed by atoms with van der Waals surface area (Å²) in [6.07, 6.45) is 2.07. The zero-order valence-electron chi connectivity index (χ0n) is 11.3. The molecule has 3 N–H and O–H groups in total. The second kappa shape index (κ2) is 6.17. The molecule has 19 heavy (non-hydrogen) atoms. The van der Waals surface area contributed by atoms with Crippen LogP contribution in [0.2, 0.25) is 0 Å². The van der Waals surface area contributed by atoms with Crippen LogP contribution in [0.3, 0.4) is 0 Å². The van der Waals surface area contributed by atoms with Crippen molar-refractivity contribution in [1.82, 2.24) is 9.03 Å². The number of hydrogen-bond acceptors (Lipinski definition) is 4. The Morgan fingerprint density at radius 1 is 1.47 bits per heavy atom. The van der Waals surface area contributed by atoms with Crippen molar-refractivity contribution in [3.8, 4) is 0 Å². The molecular weight excluding hydrogens is 272 g/mol. The second-order valence-electron chi connectivity index (χ2n) is 5.14. The summed E-state index contributed by atoms with van der Waals surface area (Å²) in [4.78, 5) is 11.1. The third-order valence-corrected chi connectivity index (χ3v) is 5.01. The Bertz CT molecular complexity index is 421. The number of hydrogen-bond donors (Lipinski definition) is 3. The van der Waals surface area contributed by atoms with Gasteiger partial charge in [-0.1, -0.05) is 6.92 Å². The van der Waals surface area contributed by atoms with Gasteiger partial charge in [0.05, 0.1) is 5.60 Å². The Labute approximate surface area is 113 Å². The highest BCUT2D eigenvalue weighted by atomic mass is 32.2. The van der Waals surface area contributed by atoms with E-state index in [0.717, 1.165) is 4.31 Å². The molecular formula is C11H22N2O5S. The first-order valence-corrected chi connectivity index (χ1v) is 7.85. The zero-order chi connectivity index (χ0) is 14.7. The van der Waals surface area contributed by atoms with Crippen LogP contribution in [0, 0.1) is 0 Å². The van der Waals surface area contributed by atoms with Gasteiger partial charge in [0.1, 0.15) is 6.04 Å². The van der Waals surface area contributed by atoms with Gasteiger partial charge in [-0.15, -0.1) is 0 Å². The van der Waals surface area contributed by atoms with Crippen molar-refractivity contribution >= 4 is 16.2 Å². The maximum Gasteiger partial charge on any atom is 0.322 e. The lowest BCUT2D eigenvalue weighted by molar-refractivity contribution is -0.142. The monoisotopic (exact) mass is 294 g/mol. The highest BCUT2D eigenvalue weighted by Crippen LogP contribution is 2.20. The third-order valence-electron chi connectivity index (χ3n) is 3.44. The van der Waals surface area contributed by atoms with E-state index in [1.54, 1.807) is 6.92 Å². The van der Waals surface area contributed by atoms with Gasteiger partial charge < -0.3 is 10.2 Å². The first-order chi connectivity index (χ1) is 8.69. The highest BCUT2D eigenvalue weighted by molar-refractivity contribution is 7.87. The summed E-state index contributed by atoms with van der Waals surface area (Å²) >= 11 is 0. The van der Waals surface area contributed by atoms with Crippen molar-refractivity contribution in [1.29, 1.82) is 0 Å². The first kappa shape index (κ1) is 16.4. The Balaban J connectivity index is 2.77. The highest BCUT2D eigenvalue weighted by Gasteiger charge is 2.37. The zero-order valence-corrected chi connectivity index (χ0v) is 12.1. The molecule has 112 valence electrons. The lowest BCUT2D eigenvalue weighted by atomic mass is 10.1. The molecule has 0 spiro atoms. The van der Waals surface area contributed by atoms with E-state index in [0.29, 0.717) is 25.7 Å². The summed E-state index contributed by atoms with van der Waals surface area (Å²) in [6.45, 7) is 3.34. The molecule has 2 atom stereocenters. The van der Waals surface area contributed by atoms with E-state index in [1.807, 2.05) is 0 Å². The maximum atomic E-state index is 12.1. The molecule has 0 saturated carbocycles. The number of piperidine rings is 1. The van der Waals surface area contributed by atoms with Crippen molar-refractivity contribution in [2.45, 2.75) is 51.2 Å². The maximum absolute atomic E-state index is 12.1. The Morgan fingerprint density at radius 2 is 2.11 bits per heavy atom. The molecule has 0 aromatic rings. The number of nitrogens with zero attached hydrogens (tertiary/aromatic N) is 1. The molecule has 1 heterocycles. The van der Waals surface area contributed by atoms with Crippen LogP contribution in [0.1, 0.15) is 39.5 Å². The fourth-order valence-corrected chi connectivity index (χ4v) is 3.45. The molecule has 0 aliphatic carbocycles. The van der Waals surface area contributed by atoms with E-state index in [1.165, 1.54) is 6.92 Å².